The van der Waals surface area contributed by atoms with E-state index in [1.54, 1.807) is 0 Å². The van der Waals surface area contributed by atoms with E-state index in [-0.39, 0.29) is 0 Å². The molecule has 0 spiro atoms. The lowest BCUT2D eigenvalue weighted by Crippen LogP contribution is -2.41. The van der Waals surface area contributed by atoms with Crippen LogP contribution in [0.1, 0.15) is 13.3 Å². The third-order valence-corrected chi connectivity index (χ3v) is 2.05. The van der Waals surface area contributed by atoms with E-state index in [1.165, 1.54) is 11.4 Å². The first-order valence-electron chi connectivity index (χ1n) is 4.21. The second-order valence-corrected chi connectivity index (χ2v) is 3.07. The number of likely N-dealkylation sites (N-methyl/N-ethyl adjacent to an activating group) is 1. The standard InChI is InChI=1S/C9H17N3/c1-7(2)9-8(10-3)5-6-11-12(9)4/h10-11H,1,5-6H2,2-4H3. The van der Waals surface area contributed by atoms with Crippen molar-refractivity contribution in [3.8, 4) is 0 Å². The third-order valence-electron chi connectivity index (χ3n) is 2.05. The Labute approximate surface area is 74.1 Å². The van der Waals surface area contributed by atoms with Crippen molar-refractivity contribution < 1.29 is 0 Å². The third kappa shape index (κ3) is 1.61. The fourth-order valence-corrected chi connectivity index (χ4v) is 1.54. The van der Waals surface area contributed by atoms with Crippen molar-refractivity contribution >= 4 is 0 Å². The fraction of sp³-hybridized carbons (Fsp3) is 0.556. The first-order valence-corrected chi connectivity index (χ1v) is 4.21. The minimum absolute atomic E-state index is 0.990. The highest BCUT2D eigenvalue weighted by molar-refractivity contribution is 5.30. The highest BCUT2D eigenvalue weighted by Crippen LogP contribution is 2.18. The van der Waals surface area contributed by atoms with Crippen LogP contribution in [0.15, 0.2) is 23.5 Å². The maximum Gasteiger partial charge on any atom is 0.0729 e. The van der Waals surface area contributed by atoms with Gasteiger partial charge in [-0.1, -0.05) is 6.58 Å². The molecule has 0 amide bonds. The Morgan fingerprint density at radius 2 is 2.33 bits per heavy atom. The maximum atomic E-state index is 3.95. The van der Waals surface area contributed by atoms with Gasteiger partial charge < -0.3 is 10.3 Å². The number of hydrazine groups is 1. The summed E-state index contributed by atoms with van der Waals surface area (Å²) in [4.78, 5) is 0. The van der Waals surface area contributed by atoms with E-state index in [0.29, 0.717) is 0 Å². The van der Waals surface area contributed by atoms with Gasteiger partial charge in [0.25, 0.3) is 0 Å². The van der Waals surface area contributed by atoms with Crippen molar-refractivity contribution in [2.24, 2.45) is 0 Å². The van der Waals surface area contributed by atoms with Gasteiger partial charge in [-0.15, -0.1) is 0 Å². The molecule has 0 aromatic heterocycles. The van der Waals surface area contributed by atoms with Crippen LogP contribution >= 0.6 is 0 Å². The molecular weight excluding hydrogens is 150 g/mol. The van der Waals surface area contributed by atoms with E-state index in [0.717, 1.165) is 18.5 Å². The average Bonchev–Trinajstić information content (AvgIpc) is 2.03. The molecule has 0 saturated heterocycles. The highest BCUT2D eigenvalue weighted by atomic mass is 15.5. The Hall–Kier alpha value is -0.960. The van der Waals surface area contributed by atoms with E-state index >= 15 is 0 Å². The maximum absolute atomic E-state index is 3.95. The summed E-state index contributed by atoms with van der Waals surface area (Å²) < 4.78 is 0. The van der Waals surface area contributed by atoms with Gasteiger partial charge in [-0.05, 0) is 12.5 Å². The molecule has 3 heteroatoms. The van der Waals surface area contributed by atoms with Gasteiger partial charge in [0.05, 0.1) is 5.70 Å². The highest BCUT2D eigenvalue weighted by Gasteiger charge is 2.15. The summed E-state index contributed by atoms with van der Waals surface area (Å²) in [5, 5.41) is 5.23. The number of nitrogens with one attached hydrogen (secondary N) is 2. The summed E-state index contributed by atoms with van der Waals surface area (Å²) in [5.74, 6) is 0. The molecule has 1 aliphatic rings. The van der Waals surface area contributed by atoms with Crippen molar-refractivity contribution in [1.82, 2.24) is 15.8 Å². The summed E-state index contributed by atoms with van der Waals surface area (Å²) in [6.45, 7) is 6.96. The fourth-order valence-electron chi connectivity index (χ4n) is 1.54. The molecule has 3 nitrogen and oxygen atoms in total. The van der Waals surface area contributed by atoms with Crippen LogP contribution in [-0.4, -0.2) is 25.6 Å². The van der Waals surface area contributed by atoms with E-state index in [9.17, 15) is 0 Å². The van der Waals surface area contributed by atoms with Crippen LogP contribution in [0.3, 0.4) is 0 Å². The van der Waals surface area contributed by atoms with Crippen LogP contribution in [0.4, 0.5) is 0 Å². The predicted octanol–water partition coefficient (Wildman–Crippen LogP) is 0.834. The second-order valence-electron chi connectivity index (χ2n) is 3.07. The molecule has 1 rings (SSSR count). The number of hydrogen-bond acceptors (Lipinski definition) is 3. The molecule has 0 aromatic rings. The molecule has 1 heterocycles. The van der Waals surface area contributed by atoms with Crippen LogP contribution in [0.25, 0.3) is 0 Å². The van der Waals surface area contributed by atoms with Gasteiger partial charge in [0.1, 0.15) is 0 Å². The van der Waals surface area contributed by atoms with E-state index in [2.05, 4.69) is 17.3 Å². The molecule has 2 N–H and O–H groups in total. The molecule has 0 atom stereocenters. The molecule has 68 valence electrons. The Morgan fingerprint density at radius 3 is 2.75 bits per heavy atom. The first kappa shape index (κ1) is 9.13. The monoisotopic (exact) mass is 167 g/mol. The van der Waals surface area contributed by atoms with Gasteiger partial charge >= 0.3 is 0 Å². The zero-order chi connectivity index (χ0) is 9.14. The van der Waals surface area contributed by atoms with Gasteiger partial charge in [0.15, 0.2) is 0 Å². The Kier molecular flexibility index (Phi) is 2.76. The van der Waals surface area contributed by atoms with Crippen molar-refractivity contribution in [3.63, 3.8) is 0 Å². The molecule has 0 radical (unpaired) electrons. The Bertz CT molecular complexity index is 218. The van der Waals surface area contributed by atoms with Gasteiger partial charge in [-0.3, -0.25) is 0 Å². The van der Waals surface area contributed by atoms with Crippen molar-refractivity contribution in [1.29, 1.82) is 0 Å². The van der Waals surface area contributed by atoms with E-state index in [4.69, 9.17) is 0 Å². The Balaban J connectivity index is 2.95. The predicted molar refractivity (Wildman–Crippen MR) is 51.3 cm³/mol. The lowest BCUT2D eigenvalue weighted by molar-refractivity contribution is 0.280. The normalized spacial score (nSPS) is 18.1. The van der Waals surface area contributed by atoms with Crippen molar-refractivity contribution in [2.45, 2.75) is 13.3 Å². The molecule has 12 heavy (non-hydrogen) atoms. The summed E-state index contributed by atoms with van der Waals surface area (Å²) in [6.07, 6.45) is 1.04. The van der Waals surface area contributed by atoms with Crippen molar-refractivity contribution in [2.75, 3.05) is 20.6 Å². The quantitative estimate of drug-likeness (QED) is 0.638. The first-order chi connectivity index (χ1) is 5.66. The summed E-state index contributed by atoms with van der Waals surface area (Å²) in [7, 11) is 3.97. The summed E-state index contributed by atoms with van der Waals surface area (Å²) in [5.41, 5.74) is 6.80. The zero-order valence-electron chi connectivity index (χ0n) is 8.07. The van der Waals surface area contributed by atoms with Crippen LogP contribution in [0.2, 0.25) is 0 Å². The smallest absolute Gasteiger partial charge is 0.0729 e. The minimum atomic E-state index is 0.990. The van der Waals surface area contributed by atoms with Gasteiger partial charge in [-0.2, -0.15) is 0 Å². The number of rotatable bonds is 2. The lowest BCUT2D eigenvalue weighted by Gasteiger charge is -2.31. The van der Waals surface area contributed by atoms with Gasteiger partial charge in [-0.25, -0.2) is 5.43 Å². The number of nitrogens with zero attached hydrogens (tertiary/aromatic N) is 1. The lowest BCUT2D eigenvalue weighted by atomic mass is 10.1. The van der Waals surface area contributed by atoms with Crippen LogP contribution < -0.4 is 10.7 Å². The minimum Gasteiger partial charge on any atom is -0.390 e. The van der Waals surface area contributed by atoms with Gasteiger partial charge in [0.2, 0.25) is 0 Å². The molecule has 0 aliphatic carbocycles. The SMILES string of the molecule is C=C(C)C1=C(NC)CCNN1C. The molecule has 0 bridgehead atoms. The molecule has 0 saturated carbocycles. The molecule has 1 aliphatic heterocycles. The summed E-state index contributed by atoms with van der Waals surface area (Å²) >= 11 is 0. The Morgan fingerprint density at radius 1 is 1.67 bits per heavy atom. The largest absolute Gasteiger partial charge is 0.390 e. The van der Waals surface area contributed by atoms with Crippen LogP contribution in [0.5, 0.6) is 0 Å². The second kappa shape index (κ2) is 3.63. The summed E-state index contributed by atoms with van der Waals surface area (Å²) in [6, 6.07) is 0. The number of allylic oxidation sites excluding steroid dienone is 1. The molecular formula is C9H17N3. The molecule has 0 unspecified atom stereocenters. The average molecular weight is 167 g/mol. The topological polar surface area (TPSA) is 27.3 Å². The molecule has 0 fully saturated rings. The van der Waals surface area contributed by atoms with Gasteiger partial charge in [0, 0.05) is 32.8 Å². The van der Waals surface area contributed by atoms with Crippen LogP contribution in [0, 0.1) is 0 Å². The van der Waals surface area contributed by atoms with Crippen LogP contribution in [-0.2, 0) is 0 Å². The van der Waals surface area contributed by atoms with E-state index in [1.807, 2.05) is 26.0 Å². The zero-order valence-corrected chi connectivity index (χ0v) is 8.07. The van der Waals surface area contributed by atoms with E-state index < -0.39 is 0 Å². The molecule has 0 aromatic carbocycles. The number of hydrogen-bond donors (Lipinski definition) is 2. The van der Waals surface area contributed by atoms with Crippen molar-refractivity contribution in [3.05, 3.63) is 23.5 Å².